The first kappa shape index (κ1) is 11.3. The second-order valence-corrected chi connectivity index (χ2v) is 5.24. The first-order valence-corrected chi connectivity index (χ1v) is 5.54. The van der Waals surface area contributed by atoms with E-state index in [1.165, 1.54) is 19.3 Å². The number of nitrogens with two attached hydrogens (primary N) is 1. The van der Waals surface area contributed by atoms with E-state index in [0.29, 0.717) is 12.0 Å². The molecule has 0 heterocycles. The highest BCUT2D eigenvalue weighted by Crippen LogP contribution is 2.37. The molecule has 1 rings (SSSR count). The molecule has 82 valence electrons. The molecule has 1 aliphatic carbocycles. The van der Waals surface area contributed by atoms with Crippen LogP contribution in [0.4, 0.5) is 0 Å². The zero-order valence-corrected chi connectivity index (χ0v) is 9.80. The molecule has 0 bridgehead atoms. The summed E-state index contributed by atoms with van der Waals surface area (Å²) < 4.78 is 0. The van der Waals surface area contributed by atoms with Crippen molar-refractivity contribution in [3.63, 3.8) is 0 Å². The molecule has 14 heavy (non-hydrogen) atoms. The van der Waals surface area contributed by atoms with Gasteiger partial charge in [-0.1, -0.05) is 13.3 Å². The minimum Gasteiger partial charge on any atom is -0.370 e. The fraction of sp³-hybridized carbons (Fsp3) is 0.909. The van der Waals surface area contributed by atoms with Gasteiger partial charge >= 0.3 is 0 Å². The molecule has 0 amide bonds. The molecule has 0 aliphatic heterocycles. The largest absolute Gasteiger partial charge is 0.370 e. The van der Waals surface area contributed by atoms with Crippen LogP contribution in [-0.2, 0) is 0 Å². The summed E-state index contributed by atoms with van der Waals surface area (Å²) in [5, 5.41) is 3.18. The molecule has 1 fully saturated rings. The van der Waals surface area contributed by atoms with Crippen LogP contribution in [0.2, 0.25) is 0 Å². The number of nitrogens with one attached hydrogen (secondary N) is 1. The highest BCUT2D eigenvalue weighted by Gasteiger charge is 2.36. The number of guanidine groups is 1. The van der Waals surface area contributed by atoms with Crippen molar-refractivity contribution in [2.24, 2.45) is 16.6 Å². The Morgan fingerprint density at radius 2 is 2.14 bits per heavy atom. The highest BCUT2D eigenvalue weighted by atomic mass is 15.1. The van der Waals surface area contributed by atoms with E-state index in [2.05, 4.69) is 38.0 Å². The number of nitrogens with zero attached hydrogens (tertiary/aromatic N) is 1. The Morgan fingerprint density at radius 3 is 2.64 bits per heavy atom. The Hall–Kier alpha value is -0.730. The second kappa shape index (κ2) is 4.20. The van der Waals surface area contributed by atoms with Crippen LogP contribution in [0.3, 0.4) is 0 Å². The van der Waals surface area contributed by atoms with Crippen molar-refractivity contribution in [2.45, 2.75) is 58.5 Å². The van der Waals surface area contributed by atoms with Gasteiger partial charge in [0.15, 0.2) is 5.96 Å². The molecular formula is C11H23N3. The average molecular weight is 197 g/mol. The third kappa shape index (κ3) is 3.99. The molecule has 0 aromatic heterocycles. The fourth-order valence-electron chi connectivity index (χ4n) is 1.67. The predicted molar refractivity (Wildman–Crippen MR) is 61.3 cm³/mol. The van der Waals surface area contributed by atoms with Crippen molar-refractivity contribution in [1.29, 1.82) is 0 Å². The lowest BCUT2D eigenvalue weighted by molar-refractivity contribution is 0.507. The van der Waals surface area contributed by atoms with E-state index in [1.54, 1.807) is 0 Å². The summed E-state index contributed by atoms with van der Waals surface area (Å²) in [6, 6.07) is 0.491. The van der Waals surface area contributed by atoms with Crippen LogP contribution < -0.4 is 11.1 Å². The number of rotatable bonds is 3. The van der Waals surface area contributed by atoms with E-state index in [1.807, 2.05) is 0 Å². The highest BCUT2D eigenvalue weighted by molar-refractivity contribution is 5.78. The Balaban J connectivity index is 2.32. The SMILES string of the molecule is CCCC1CC1N=C(N)NC(C)(C)C. The van der Waals surface area contributed by atoms with Crippen LogP contribution in [-0.4, -0.2) is 17.5 Å². The van der Waals surface area contributed by atoms with Crippen molar-refractivity contribution in [3.8, 4) is 0 Å². The quantitative estimate of drug-likeness (QED) is 0.536. The van der Waals surface area contributed by atoms with Gasteiger partial charge in [0.25, 0.3) is 0 Å². The van der Waals surface area contributed by atoms with E-state index in [9.17, 15) is 0 Å². The molecule has 0 saturated heterocycles. The van der Waals surface area contributed by atoms with Crippen LogP contribution in [0.25, 0.3) is 0 Å². The van der Waals surface area contributed by atoms with Crippen LogP contribution in [0, 0.1) is 5.92 Å². The van der Waals surface area contributed by atoms with Gasteiger partial charge in [0, 0.05) is 5.54 Å². The Kier molecular flexibility index (Phi) is 3.40. The molecule has 1 saturated carbocycles. The first-order chi connectivity index (χ1) is 6.42. The molecule has 0 spiro atoms. The molecule has 0 aromatic rings. The maximum absolute atomic E-state index is 5.80. The van der Waals surface area contributed by atoms with E-state index in [0.717, 1.165) is 5.92 Å². The maximum Gasteiger partial charge on any atom is 0.189 e. The van der Waals surface area contributed by atoms with Gasteiger partial charge < -0.3 is 11.1 Å². The molecular weight excluding hydrogens is 174 g/mol. The van der Waals surface area contributed by atoms with E-state index >= 15 is 0 Å². The third-order valence-corrected chi connectivity index (χ3v) is 2.35. The van der Waals surface area contributed by atoms with Crippen molar-refractivity contribution in [3.05, 3.63) is 0 Å². The predicted octanol–water partition coefficient (Wildman–Crippen LogP) is 1.88. The van der Waals surface area contributed by atoms with Gasteiger partial charge in [-0.2, -0.15) is 0 Å². The van der Waals surface area contributed by atoms with Crippen LogP contribution >= 0.6 is 0 Å². The number of hydrogen-bond acceptors (Lipinski definition) is 1. The zero-order valence-electron chi connectivity index (χ0n) is 9.80. The van der Waals surface area contributed by atoms with Crippen LogP contribution in [0.5, 0.6) is 0 Å². The second-order valence-electron chi connectivity index (χ2n) is 5.24. The van der Waals surface area contributed by atoms with E-state index in [4.69, 9.17) is 5.73 Å². The maximum atomic E-state index is 5.80. The topological polar surface area (TPSA) is 50.4 Å². The van der Waals surface area contributed by atoms with Gasteiger partial charge in [0.05, 0.1) is 6.04 Å². The summed E-state index contributed by atoms with van der Waals surface area (Å²) in [5.74, 6) is 1.39. The van der Waals surface area contributed by atoms with Gasteiger partial charge in [0.2, 0.25) is 0 Å². The third-order valence-electron chi connectivity index (χ3n) is 2.35. The summed E-state index contributed by atoms with van der Waals surface area (Å²) in [5.41, 5.74) is 5.81. The average Bonchev–Trinajstić information content (AvgIpc) is 2.63. The normalized spacial score (nSPS) is 27.6. The lowest BCUT2D eigenvalue weighted by Crippen LogP contribution is -2.45. The monoisotopic (exact) mass is 197 g/mol. The van der Waals surface area contributed by atoms with Crippen molar-refractivity contribution in [2.75, 3.05) is 0 Å². The van der Waals surface area contributed by atoms with Gasteiger partial charge in [0.1, 0.15) is 0 Å². The fourth-order valence-corrected chi connectivity index (χ4v) is 1.67. The summed E-state index contributed by atoms with van der Waals surface area (Å²) >= 11 is 0. The van der Waals surface area contributed by atoms with E-state index < -0.39 is 0 Å². The smallest absolute Gasteiger partial charge is 0.189 e. The van der Waals surface area contributed by atoms with Gasteiger partial charge in [-0.3, -0.25) is 0 Å². The number of hydrogen-bond donors (Lipinski definition) is 2. The summed E-state index contributed by atoms with van der Waals surface area (Å²) in [6.45, 7) is 8.49. The molecule has 3 N–H and O–H groups in total. The molecule has 3 nitrogen and oxygen atoms in total. The molecule has 1 aliphatic rings. The van der Waals surface area contributed by atoms with Crippen LogP contribution in [0.1, 0.15) is 47.0 Å². The minimum atomic E-state index is 0.0166. The number of aliphatic imine (C=N–C) groups is 1. The Bertz CT molecular complexity index is 215. The van der Waals surface area contributed by atoms with E-state index in [-0.39, 0.29) is 5.54 Å². The van der Waals surface area contributed by atoms with Crippen molar-refractivity contribution < 1.29 is 0 Å². The summed E-state index contributed by atoms with van der Waals surface area (Å²) in [7, 11) is 0. The summed E-state index contributed by atoms with van der Waals surface area (Å²) in [4.78, 5) is 4.46. The molecule has 0 radical (unpaired) electrons. The summed E-state index contributed by atoms with van der Waals surface area (Å²) in [6.07, 6.45) is 3.76. The minimum absolute atomic E-state index is 0.0166. The van der Waals surface area contributed by atoms with Gasteiger partial charge in [-0.25, -0.2) is 4.99 Å². The lowest BCUT2D eigenvalue weighted by Gasteiger charge is -2.20. The standard InChI is InChI=1S/C11H23N3/c1-5-6-8-7-9(8)13-10(12)14-11(2,3)4/h8-9H,5-7H2,1-4H3,(H3,12,13,14). The van der Waals surface area contributed by atoms with Crippen LogP contribution in [0.15, 0.2) is 4.99 Å². The van der Waals surface area contributed by atoms with Gasteiger partial charge in [-0.05, 0) is 39.5 Å². The molecule has 2 atom stereocenters. The first-order valence-electron chi connectivity index (χ1n) is 5.54. The van der Waals surface area contributed by atoms with Crippen molar-refractivity contribution in [1.82, 2.24) is 5.32 Å². The Labute approximate surface area is 87.2 Å². The van der Waals surface area contributed by atoms with Gasteiger partial charge in [-0.15, -0.1) is 0 Å². The van der Waals surface area contributed by atoms with Crippen molar-refractivity contribution >= 4 is 5.96 Å². The lowest BCUT2D eigenvalue weighted by atomic mass is 10.1. The zero-order chi connectivity index (χ0) is 10.8. The molecule has 2 unspecified atom stereocenters. The molecule has 3 heteroatoms. The molecule has 0 aromatic carbocycles. The Morgan fingerprint density at radius 1 is 1.50 bits per heavy atom.